The van der Waals surface area contributed by atoms with Crippen LogP contribution < -0.4 is 5.32 Å². The number of aliphatic hydroxyl groups excluding tert-OH is 1. The van der Waals surface area contributed by atoms with Gasteiger partial charge in [-0.05, 0) is 37.0 Å². The molecule has 2 N–H and O–H groups in total. The largest absolute Gasteiger partial charge is 0.395 e. The van der Waals surface area contributed by atoms with Crippen LogP contribution in [0.4, 0.5) is 0 Å². The van der Waals surface area contributed by atoms with Crippen LogP contribution in [0.15, 0.2) is 0 Å². The minimum atomic E-state index is 0.283. The topological polar surface area (TPSA) is 32.3 Å². The summed E-state index contributed by atoms with van der Waals surface area (Å²) in [7, 11) is 0. The van der Waals surface area contributed by atoms with Gasteiger partial charge in [-0.15, -0.1) is 0 Å². The molecule has 4 atom stereocenters. The Hall–Kier alpha value is -0.0800. The molecule has 0 radical (unpaired) electrons. The van der Waals surface area contributed by atoms with Gasteiger partial charge in [0, 0.05) is 12.1 Å². The van der Waals surface area contributed by atoms with Crippen LogP contribution >= 0.6 is 0 Å². The maximum atomic E-state index is 9.26. The molecule has 14 heavy (non-hydrogen) atoms. The van der Waals surface area contributed by atoms with E-state index in [2.05, 4.69) is 19.2 Å². The van der Waals surface area contributed by atoms with Gasteiger partial charge in [-0.1, -0.05) is 20.3 Å². The van der Waals surface area contributed by atoms with Gasteiger partial charge in [0.15, 0.2) is 0 Å². The summed E-state index contributed by atoms with van der Waals surface area (Å²) in [5.74, 6) is 2.44. The molecule has 0 spiro atoms. The second-order valence-electron chi connectivity index (χ2n) is 5.48. The summed E-state index contributed by atoms with van der Waals surface area (Å²) in [6.45, 7) is 4.65. The molecular formula is C12H23NO. The molecule has 0 aromatic carbocycles. The molecule has 0 saturated heterocycles. The van der Waals surface area contributed by atoms with E-state index in [1.165, 1.54) is 25.7 Å². The molecule has 2 fully saturated rings. The second-order valence-corrected chi connectivity index (χ2v) is 5.48. The van der Waals surface area contributed by atoms with Crippen LogP contribution in [-0.2, 0) is 0 Å². The van der Waals surface area contributed by atoms with Crippen LogP contribution in [0.25, 0.3) is 0 Å². The molecule has 2 aliphatic rings. The first-order chi connectivity index (χ1) is 6.70. The zero-order chi connectivity index (χ0) is 10.1. The van der Waals surface area contributed by atoms with Gasteiger partial charge in [0.1, 0.15) is 0 Å². The Labute approximate surface area is 87.1 Å². The second kappa shape index (κ2) is 4.19. The highest BCUT2D eigenvalue weighted by Crippen LogP contribution is 2.44. The van der Waals surface area contributed by atoms with Gasteiger partial charge in [0.05, 0.1) is 6.61 Å². The molecule has 0 heterocycles. The first-order valence-corrected chi connectivity index (χ1v) is 6.07. The van der Waals surface area contributed by atoms with Crippen molar-refractivity contribution in [1.29, 1.82) is 0 Å². The summed E-state index contributed by atoms with van der Waals surface area (Å²) in [5, 5.41) is 12.9. The Bertz CT molecular complexity index is 193. The maximum Gasteiger partial charge on any atom is 0.0587 e. The van der Waals surface area contributed by atoms with E-state index in [1.54, 1.807) is 0 Å². The van der Waals surface area contributed by atoms with Gasteiger partial charge in [0.25, 0.3) is 0 Å². The van der Waals surface area contributed by atoms with Crippen molar-refractivity contribution < 1.29 is 5.11 Å². The van der Waals surface area contributed by atoms with Crippen molar-refractivity contribution in [2.75, 3.05) is 6.61 Å². The molecule has 2 bridgehead atoms. The molecular weight excluding hydrogens is 174 g/mol. The molecule has 2 rings (SSSR count). The van der Waals surface area contributed by atoms with Gasteiger partial charge in [-0.3, -0.25) is 0 Å². The van der Waals surface area contributed by atoms with E-state index in [9.17, 15) is 5.11 Å². The average Bonchev–Trinajstić information content (AvgIpc) is 2.74. The fraction of sp³-hybridized carbons (Fsp3) is 1.00. The zero-order valence-corrected chi connectivity index (χ0v) is 9.37. The lowest BCUT2D eigenvalue weighted by Gasteiger charge is -2.29. The highest BCUT2D eigenvalue weighted by atomic mass is 16.3. The minimum absolute atomic E-state index is 0.283. The van der Waals surface area contributed by atoms with E-state index >= 15 is 0 Å². The standard InChI is InChI=1S/C12H23NO/c1-8(2)12(7-14)13-11-6-9-3-4-10(11)5-9/h8-14H,3-7H2,1-2H3/t9?,10?,11?,12-/m1/s1. The third kappa shape index (κ3) is 1.96. The van der Waals surface area contributed by atoms with Crippen LogP contribution in [0.5, 0.6) is 0 Å². The van der Waals surface area contributed by atoms with E-state index in [0.29, 0.717) is 18.0 Å². The van der Waals surface area contributed by atoms with Crippen LogP contribution in [0.3, 0.4) is 0 Å². The lowest BCUT2D eigenvalue weighted by atomic mass is 9.93. The van der Waals surface area contributed by atoms with Crippen molar-refractivity contribution in [3.8, 4) is 0 Å². The fourth-order valence-electron chi connectivity index (χ4n) is 3.18. The smallest absolute Gasteiger partial charge is 0.0587 e. The molecule has 2 nitrogen and oxygen atoms in total. The van der Waals surface area contributed by atoms with Gasteiger partial charge in [-0.25, -0.2) is 0 Å². The van der Waals surface area contributed by atoms with Gasteiger partial charge in [0.2, 0.25) is 0 Å². The lowest BCUT2D eigenvalue weighted by Crippen LogP contribution is -2.45. The molecule has 0 aromatic heterocycles. The molecule has 2 heteroatoms. The van der Waals surface area contributed by atoms with E-state index in [1.807, 2.05) is 0 Å². The summed E-state index contributed by atoms with van der Waals surface area (Å²) >= 11 is 0. The van der Waals surface area contributed by atoms with E-state index < -0.39 is 0 Å². The third-order valence-corrected chi connectivity index (χ3v) is 4.17. The number of nitrogens with one attached hydrogen (secondary N) is 1. The molecule has 82 valence electrons. The zero-order valence-electron chi connectivity index (χ0n) is 9.37. The van der Waals surface area contributed by atoms with Gasteiger partial charge in [-0.2, -0.15) is 0 Å². The van der Waals surface area contributed by atoms with Crippen LogP contribution in [0.1, 0.15) is 39.5 Å². The summed E-state index contributed by atoms with van der Waals surface area (Å²) in [5.41, 5.74) is 0. The quantitative estimate of drug-likeness (QED) is 0.720. The molecule has 0 aliphatic heterocycles. The highest BCUT2D eigenvalue weighted by molar-refractivity contribution is 4.95. The Kier molecular flexibility index (Phi) is 3.13. The van der Waals surface area contributed by atoms with Crippen molar-refractivity contribution in [3.05, 3.63) is 0 Å². The normalized spacial score (nSPS) is 38.1. The van der Waals surface area contributed by atoms with Crippen LogP contribution in [0, 0.1) is 17.8 Å². The predicted molar refractivity (Wildman–Crippen MR) is 58.1 cm³/mol. The summed E-state index contributed by atoms with van der Waals surface area (Å²) in [4.78, 5) is 0. The molecule has 0 amide bonds. The highest BCUT2D eigenvalue weighted by Gasteiger charge is 2.40. The van der Waals surface area contributed by atoms with Crippen molar-refractivity contribution >= 4 is 0 Å². The molecule has 2 aliphatic carbocycles. The van der Waals surface area contributed by atoms with Crippen molar-refractivity contribution in [2.24, 2.45) is 17.8 Å². The van der Waals surface area contributed by atoms with Gasteiger partial charge >= 0.3 is 0 Å². The SMILES string of the molecule is CC(C)[C@@H](CO)NC1CC2CCC1C2. The third-order valence-electron chi connectivity index (χ3n) is 4.17. The van der Waals surface area contributed by atoms with Crippen molar-refractivity contribution in [1.82, 2.24) is 5.32 Å². The van der Waals surface area contributed by atoms with E-state index in [4.69, 9.17) is 0 Å². The van der Waals surface area contributed by atoms with Crippen molar-refractivity contribution in [3.63, 3.8) is 0 Å². The Morgan fingerprint density at radius 2 is 2.07 bits per heavy atom. The summed E-state index contributed by atoms with van der Waals surface area (Å²) < 4.78 is 0. The number of hydrogen-bond acceptors (Lipinski definition) is 2. The molecule has 2 saturated carbocycles. The Morgan fingerprint density at radius 1 is 1.29 bits per heavy atom. The monoisotopic (exact) mass is 197 g/mol. The minimum Gasteiger partial charge on any atom is -0.395 e. The molecule has 3 unspecified atom stereocenters. The van der Waals surface area contributed by atoms with Crippen LogP contribution in [0.2, 0.25) is 0 Å². The number of hydrogen-bond donors (Lipinski definition) is 2. The van der Waals surface area contributed by atoms with Crippen molar-refractivity contribution in [2.45, 2.75) is 51.6 Å². The lowest BCUT2D eigenvalue weighted by molar-refractivity contribution is 0.183. The maximum absolute atomic E-state index is 9.26. The first-order valence-electron chi connectivity index (χ1n) is 6.07. The number of aliphatic hydroxyl groups is 1. The summed E-state index contributed by atoms with van der Waals surface area (Å²) in [6, 6.07) is 1.01. The van der Waals surface area contributed by atoms with E-state index in [-0.39, 0.29) is 6.61 Å². The van der Waals surface area contributed by atoms with E-state index in [0.717, 1.165) is 11.8 Å². The molecule has 0 aromatic rings. The Balaban J connectivity index is 1.85. The van der Waals surface area contributed by atoms with Gasteiger partial charge < -0.3 is 10.4 Å². The summed E-state index contributed by atoms with van der Waals surface area (Å²) in [6.07, 6.45) is 5.66. The fourth-order valence-corrected chi connectivity index (χ4v) is 3.18. The average molecular weight is 197 g/mol. The number of fused-ring (bicyclic) bond motifs is 2. The van der Waals surface area contributed by atoms with Crippen LogP contribution in [-0.4, -0.2) is 23.8 Å². The number of rotatable bonds is 4. The Morgan fingerprint density at radius 3 is 2.50 bits per heavy atom. The predicted octanol–water partition coefficient (Wildman–Crippen LogP) is 1.78. The first kappa shape index (κ1) is 10.4.